The Kier molecular flexibility index (Phi) is 4.93. The van der Waals surface area contributed by atoms with Gasteiger partial charge in [-0.25, -0.2) is 8.78 Å². The van der Waals surface area contributed by atoms with Crippen LogP contribution in [0.2, 0.25) is 0 Å². The second-order valence-electron chi connectivity index (χ2n) is 5.36. The molecule has 0 aromatic heterocycles. The molecule has 0 atom stereocenters. The fraction of sp³-hybridized carbons (Fsp3) is 0.917. The lowest BCUT2D eigenvalue weighted by atomic mass is 9.96. The molecule has 0 saturated carbocycles. The van der Waals surface area contributed by atoms with Crippen molar-refractivity contribution >= 4 is 6.09 Å². The summed E-state index contributed by atoms with van der Waals surface area (Å²) in [5, 5.41) is 10.5. The molecule has 110 valence electrons. The monoisotopic (exact) mass is 276 g/mol. The quantitative estimate of drug-likeness (QED) is 0.681. The predicted molar refractivity (Wildman–Crippen MR) is 64.0 cm³/mol. The van der Waals surface area contributed by atoms with Crippen LogP contribution in [0.3, 0.4) is 0 Å². The van der Waals surface area contributed by atoms with Gasteiger partial charge in [0.25, 0.3) is 6.43 Å². The number of halogens is 2. The summed E-state index contributed by atoms with van der Waals surface area (Å²) in [6.07, 6.45) is -2.37. The Hall–Kier alpha value is -0.950. The van der Waals surface area contributed by atoms with Crippen molar-refractivity contribution in [3.63, 3.8) is 0 Å². The Morgan fingerprint density at radius 1 is 1.16 bits per heavy atom. The predicted octanol–water partition coefficient (Wildman–Crippen LogP) is -0.466. The van der Waals surface area contributed by atoms with Gasteiger partial charge in [0.2, 0.25) is 0 Å². The van der Waals surface area contributed by atoms with Gasteiger partial charge in [0.05, 0.1) is 6.54 Å². The molecule has 2 saturated heterocycles. The van der Waals surface area contributed by atoms with E-state index in [1.165, 1.54) is 4.90 Å². The lowest BCUT2D eigenvalue weighted by molar-refractivity contribution is -0.271. The lowest BCUT2D eigenvalue weighted by Crippen LogP contribution is -2.55. The van der Waals surface area contributed by atoms with E-state index in [2.05, 4.69) is 4.90 Å². The molecule has 0 spiro atoms. The summed E-state index contributed by atoms with van der Waals surface area (Å²) in [5.41, 5.74) is 0. The molecule has 19 heavy (non-hydrogen) atoms. The standard InChI is InChI=1S/C12H21F2N3O2/c13-11(14)9-16-5-3-15(4-6-16)2-1-10-7-17(8-10)12(18)19/h10-11H,1-9H2,(H,18,19)/p-1. The molecule has 5 nitrogen and oxygen atoms in total. The van der Waals surface area contributed by atoms with Crippen molar-refractivity contribution in [3.8, 4) is 0 Å². The summed E-state index contributed by atoms with van der Waals surface area (Å²) in [7, 11) is 0. The summed E-state index contributed by atoms with van der Waals surface area (Å²) in [6, 6.07) is 0. The Bertz CT molecular complexity index is 303. The molecular formula is C12H20F2N3O2-. The van der Waals surface area contributed by atoms with Crippen molar-refractivity contribution < 1.29 is 18.7 Å². The van der Waals surface area contributed by atoms with Gasteiger partial charge in [-0.15, -0.1) is 0 Å². The Morgan fingerprint density at radius 2 is 1.74 bits per heavy atom. The van der Waals surface area contributed by atoms with E-state index in [1.54, 1.807) is 4.90 Å². The average molecular weight is 276 g/mol. The van der Waals surface area contributed by atoms with Gasteiger partial charge in [-0.1, -0.05) is 0 Å². The van der Waals surface area contributed by atoms with Crippen LogP contribution in [0.25, 0.3) is 0 Å². The third-order valence-corrected chi connectivity index (χ3v) is 3.93. The zero-order valence-corrected chi connectivity index (χ0v) is 10.9. The summed E-state index contributed by atoms with van der Waals surface area (Å²) >= 11 is 0. The first-order valence-electron chi connectivity index (χ1n) is 6.73. The van der Waals surface area contributed by atoms with Crippen molar-refractivity contribution in [1.29, 1.82) is 0 Å². The maximum absolute atomic E-state index is 12.2. The number of hydrogen-bond donors (Lipinski definition) is 0. The van der Waals surface area contributed by atoms with E-state index < -0.39 is 12.5 Å². The van der Waals surface area contributed by atoms with Gasteiger partial charge in [0.1, 0.15) is 6.09 Å². The Morgan fingerprint density at radius 3 is 2.26 bits per heavy atom. The smallest absolute Gasteiger partial charge is 0.251 e. The molecule has 1 amide bonds. The average Bonchev–Trinajstić information content (AvgIpc) is 2.28. The van der Waals surface area contributed by atoms with Gasteiger partial charge < -0.3 is 19.7 Å². The van der Waals surface area contributed by atoms with Gasteiger partial charge in [-0.05, 0) is 18.9 Å². The van der Waals surface area contributed by atoms with Crippen molar-refractivity contribution in [3.05, 3.63) is 0 Å². The van der Waals surface area contributed by atoms with E-state index in [-0.39, 0.29) is 6.54 Å². The lowest BCUT2D eigenvalue weighted by Gasteiger charge is -2.42. The zero-order valence-electron chi connectivity index (χ0n) is 10.9. The minimum Gasteiger partial charge on any atom is -0.530 e. The third kappa shape index (κ3) is 4.28. The number of alkyl halides is 2. The van der Waals surface area contributed by atoms with E-state index >= 15 is 0 Å². The molecule has 7 heteroatoms. The molecule has 0 aromatic rings. The van der Waals surface area contributed by atoms with Crippen LogP contribution in [0.4, 0.5) is 13.6 Å². The zero-order chi connectivity index (χ0) is 13.8. The highest BCUT2D eigenvalue weighted by molar-refractivity contribution is 5.63. The second-order valence-corrected chi connectivity index (χ2v) is 5.36. The van der Waals surface area contributed by atoms with Crippen molar-refractivity contribution in [2.75, 3.05) is 52.4 Å². The van der Waals surface area contributed by atoms with Crippen LogP contribution >= 0.6 is 0 Å². The Balaban J connectivity index is 1.56. The number of hydrogen-bond acceptors (Lipinski definition) is 4. The van der Waals surface area contributed by atoms with Crippen LogP contribution in [0.5, 0.6) is 0 Å². The molecule has 0 radical (unpaired) electrons. The summed E-state index contributed by atoms with van der Waals surface area (Å²) in [5.74, 6) is 0.428. The molecule has 2 fully saturated rings. The van der Waals surface area contributed by atoms with Gasteiger partial charge in [-0.3, -0.25) is 4.90 Å². The van der Waals surface area contributed by atoms with Crippen LogP contribution in [-0.4, -0.2) is 79.6 Å². The molecule has 0 unspecified atom stereocenters. The highest BCUT2D eigenvalue weighted by Gasteiger charge is 2.27. The number of carboxylic acid groups (broad SMARTS) is 1. The van der Waals surface area contributed by atoms with E-state index in [9.17, 15) is 18.7 Å². The van der Waals surface area contributed by atoms with Crippen molar-refractivity contribution in [2.45, 2.75) is 12.8 Å². The number of carbonyl (C=O) groups excluding carboxylic acids is 1. The number of rotatable bonds is 5. The summed E-state index contributed by atoms with van der Waals surface area (Å²) in [6.45, 7) is 4.99. The van der Waals surface area contributed by atoms with Gasteiger partial charge in [0, 0.05) is 39.3 Å². The SMILES string of the molecule is O=C([O-])N1CC(CCN2CCN(CC(F)F)CC2)C1. The first kappa shape index (κ1) is 14.5. The molecular weight excluding hydrogens is 256 g/mol. The molecule has 0 bridgehead atoms. The topological polar surface area (TPSA) is 49.9 Å². The normalized spacial score (nSPS) is 22.8. The number of carbonyl (C=O) groups is 1. The fourth-order valence-corrected chi connectivity index (χ4v) is 2.66. The maximum atomic E-state index is 12.2. The first-order valence-corrected chi connectivity index (χ1v) is 6.73. The summed E-state index contributed by atoms with van der Waals surface area (Å²) in [4.78, 5) is 15.9. The molecule has 2 aliphatic heterocycles. The first-order chi connectivity index (χ1) is 9.04. The minimum atomic E-state index is -2.25. The molecule has 2 aliphatic rings. The minimum absolute atomic E-state index is 0.128. The van der Waals surface area contributed by atoms with E-state index in [4.69, 9.17) is 0 Å². The van der Waals surface area contributed by atoms with E-state index in [0.717, 1.165) is 26.1 Å². The molecule has 0 aliphatic carbocycles. The highest BCUT2D eigenvalue weighted by atomic mass is 19.3. The highest BCUT2D eigenvalue weighted by Crippen LogP contribution is 2.19. The second kappa shape index (κ2) is 6.47. The van der Waals surface area contributed by atoms with Crippen LogP contribution < -0.4 is 5.11 Å². The van der Waals surface area contributed by atoms with Crippen LogP contribution in [0.15, 0.2) is 0 Å². The molecule has 2 rings (SSSR count). The van der Waals surface area contributed by atoms with Gasteiger partial charge in [-0.2, -0.15) is 0 Å². The van der Waals surface area contributed by atoms with Gasteiger partial charge >= 0.3 is 0 Å². The van der Waals surface area contributed by atoms with Gasteiger partial charge in [0.15, 0.2) is 0 Å². The Labute approximate surface area is 111 Å². The molecule has 0 aromatic carbocycles. The number of likely N-dealkylation sites (tertiary alicyclic amines) is 1. The van der Waals surface area contributed by atoms with Crippen LogP contribution in [-0.2, 0) is 0 Å². The number of nitrogens with zero attached hydrogens (tertiary/aromatic N) is 3. The number of piperazine rings is 1. The molecule has 0 N–H and O–H groups in total. The summed E-state index contributed by atoms with van der Waals surface area (Å²) < 4.78 is 24.4. The fourth-order valence-electron chi connectivity index (χ4n) is 2.66. The third-order valence-electron chi connectivity index (χ3n) is 3.93. The van der Waals surface area contributed by atoms with Crippen LogP contribution in [0, 0.1) is 5.92 Å². The van der Waals surface area contributed by atoms with E-state index in [1.807, 2.05) is 0 Å². The largest absolute Gasteiger partial charge is 0.530 e. The van der Waals surface area contributed by atoms with E-state index in [0.29, 0.717) is 32.1 Å². The van der Waals surface area contributed by atoms with Crippen LogP contribution in [0.1, 0.15) is 6.42 Å². The van der Waals surface area contributed by atoms with Crippen molar-refractivity contribution in [1.82, 2.24) is 14.7 Å². The maximum Gasteiger partial charge on any atom is 0.251 e. The van der Waals surface area contributed by atoms with Crippen molar-refractivity contribution in [2.24, 2.45) is 5.92 Å². The number of amides is 1. The molecule has 2 heterocycles.